The second-order valence-corrected chi connectivity index (χ2v) is 10.1. The molecule has 0 bridgehead atoms. The maximum atomic E-state index is 12.9. The summed E-state index contributed by atoms with van der Waals surface area (Å²) in [6.45, 7) is 8.28. The van der Waals surface area contributed by atoms with E-state index in [0.717, 1.165) is 51.8 Å². The molecule has 0 saturated carbocycles. The number of carbonyl (C=O) groups is 1. The number of rotatable bonds is 9. The van der Waals surface area contributed by atoms with Crippen molar-refractivity contribution < 1.29 is 9.53 Å². The first-order valence-electron chi connectivity index (χ1n) is 12.2. The fourth-order valence-corrected chi connectivity index (χ4v) is 5.37. The molecule has 1 aromatic heterocycles. The molecule has 8 heteroatoms. The Morgan fingerprint density at radius 3 is 2.63 bits per heavy atom. The minimum atomic E-state index is -0.397. The van der Waals surface area contributed by atoms with Crippen molar-refractivity contribution in [3.8, 4) is 11.4 Å². The van der Waals surface area contributed by atoms with Crippen LogP contribution < -0.4 is 4.74 Å². The van der Waals surface area contributed by atoms with Crippen LogP contribution in [0, 0.1) is 26.2 Å². The summed E-state index contributed by atoms with van der Waals surface area (Å²) in [5.41, 5.74) is 5.16. The van der Waals surface area contributed by atoms with Gasteiger partial charge in [0, 0.05) is 11.4 Å². The number of nitrogens with zero attached hydrogens (tertiary/aromatic N) is 4. The third-order valence-electron chi connectivity index (χ3n) is 6.34. The number of aromatic nitrogens is 1. The van der Waals surface area contributed by atoms with Gasteiger partial charge in [0.25, 0.3) is 5.91 Å². The maximum absolute atomic E-state index is 12.9. The van der Waals surface area contributed by atoms with E-state index in [1.165, 1.54) is 42.5 Å². The van der Waals surface area contributed by atoms with Gasteiger partial charge >= 0.3 is 0 Å². The molecule has 1 amide bonds. The topological polar surface area (TPSA) is 83.0 Å². The monoisotopic (exact) mass is 491 g/mol. The van der Waals surface area contributed by atoms with E-state index < -0.39 is 5.91 Å². The molecule has 1 N–H and O–H groups in total. The van der Waals surface area contributed by atoms with Crippen molar-refractivity contribution in [2.45, 2.75) is 66.2 Å². The molecule has 184 valence electrons. The SMILES string of the molecule is CCCCCCCC1=NN2C(=N)/C(=C/c3cc(C)n(-c4cc(C)ccc4OC)c3C)C(=O)N=C2S1. The van der Waals surface area contributed by atoms with E-state index in [9.17, 15) is 4.79 Å². The van der Waals surface area contributed by atoms with Crippen molar-refractivity contribution in [1.29, 1.82) is 5.41 Å². The summed E-state index contributed by atoms with van der Waals surface area (Å²) in [5.74, 6) is 0.454. The molecular formula is C27H33N5O2S. The lowest BCUT2D eigenvalue weighted by atomic mass is 10.1. The summed E-state index contributed by atoms with van der Waals surface area (Å²) >= 11 is 1.41. The third kappa shape index (κ3) is 5.12. The first-order chi connectivity index (χ1) is 16.8. The Kier molecular flexibility index (Phi) is 7.60. The number of thioether (sulfide) groups is 1. The molecule has 2 aromatic rings. The number of unbranched alkanes of at least 4 members (excludes halogenated alkanes) is 4. The molecule has 7 nitrogen and oxygen atoms in total. The number of aryl methyl sites for hydroxylation is 2. The molecule has 0 aliphatic carbocycles. The number of fused-ring (bicyclic) bond motifs is 1. The number of amidine groups is 2. The van der Waals surface area contributed by atoms with Crippen molar-refractivity contribution in [3.05, 3.63) is 52.4 Å². The molecule has 1 aromatic carbocycles. The number of aliphatic imine (C=N–C) groups is 1. The summed E-state index contributed by atoms with van der Waals surface area (Å²) in [4.78, 5) is 17.1. The van der Waals surface area contributed by atoms with Crippen LogP contribution in [0.3, 0.4) is 0 Å². The summed E-state index contributed by atoms with van der Waals surface area (Å²) in [5, 5.41) is 16.2. The Hall–Kier alpha value is -3.13. The van der Waals surface area contributed by atoms with E-state index in [-0.39, 0.29) is 11.4 Å². The molecule has 0 unspecified atom stereocenters. The highest BCUT2D eigenvalue weighted by molar-refractivity contribution is 8.26. The average Bonchev–Trinajstić information content (AvgIpc) is 3.36. The number of methoxy groups -OCH3 is 1. The Balaban J connectivity index is 1.60. The number of hydrazone groups is 1. The molecule has 0 saturated heterocycles. The van der Waals surface area contributed by atoms with Crippen LogP contribution in [0.5, 0.6) is 5.75 Å². The van der Waals surface area contributed by atoms with Gasteiger partial charge in [0.15, 0.2) is 5.84 Å². The van der Waals surface area contributed by atoms with E-state index >= 15 is 0 Å². The van der Waals surface area contributed by atoms with Crippen LogP contribution in [0.15, 0.2) is 39.9 Å². The van der Waals surface area contributed by atoms with E-state index in [2.05, 4.69) is 27.7 Å². The molecule has 35 heavy (non-hydrogen) atoms. The summed E-state index contributed by atoms with van der Waals surface area (Å²) < 4.78 is 7.71. The highest BCUT2D eigenvalue weighted by Gasteiger charge is 2.35. The Morgan fingerprint density at radius 1 is 1.11 bits per heavy atom. The van der Waals surface area contributed by atoms with Gasteiger partial charge in [0.2, 0.25) is 5.17 Å². The molecule has 0 fully saturated rings. The van der Waals surface area contributed by atoms with Crippen LogP contribution in [0.2, 0.25) is 0 Å². The van der Waals surface area contributed by atoms with Gasteiger partial charge in [-0.25, -0.2) is 0 Å². The second-order valence-electron chi connectivity index (χ2n) is 9.02. The Morgan fingerprint density at radius 2 is 1.89 bits per heavy atom. The first kappa shape index (κ1) is 25.0. The van der Waals surface area contributed by atoms with Gasteiger partial charge in [0.05, 0.1) is 18.4 Å². The fraction of sp³-hybridized carbons (Fsp3) is 0.407. The largest absolute Gasteiger partial charge is 0.495 e. The minimum absolute atomic E-state index is 0.0754. The van der Waals surface area contributed by atoms with Gasteiger partial charge in [-0.2, -0.15) is 15.1 Å². The lowest BCUT2D eigenvalue weighted by Gasteiger charge is -2.20. The molecule has 3 heterocycles. The number of carbonyl (C=O) groups excluding carboxylic acids is 1. The van der Waals surface area contributed by atoms with Crippen LogP contribution in [0.4, 0.5) is 0 Å². The molecule has 2 aliphatic rings. The highest BCUT2D eigenvalue weighted by atomic mass is 32.2. The van der Waals surface area contributed by atoms with E-state index in [1.54, 1.807) is 13.2 Å². The van der Waals surface area contributed by atoms with Gasteiger partial charge in [-0.05, 0) is 80.8 Å². The van der Waals surface area contributed by atoms with E-state index in [1.807, 2.05) is 39.0 Å². The zero-order valence-corrected chi connectivity index (χ0v) is 22.0. The summed E-state index contributed by atoms with van der Waals surface area (Å²) in [6, 6.07) is 8.08. The van der Waals surface area contributed by atoms with Gasteiger partial charge in [-0.15, -0.1) is 0 Å². The van der Waals surface area contributed by atoms with Gasteiger partial charge in [0.1, 0.15) is 10.8 Å². The fourth-order valence-electron chi connectivity index (χ4n) is 4.45. The lowest BCUT2D eigenvalue weighted by Crippen LogP contribution is -2.35. The molecular weight excluding hydrogens is 458 g/mol. The van der Waals surface area contributed by atoms with Crippen molar-refractivity contribution >= 4 is 39.8 Å². The quantitative estimate of drug-likeness (QED) is 0.325. The van der Waals surface area contributed by atoms with Gasteiger partial charge < -0.3 is 9.30 Å². The normalized spacial score (nSPS) is 16.6. The van der Waals surface area contributed by atoms with Gasteiger partial charge in [-0.1, -0.05) is 38.7 Å². The van der Waals surface area contributed by atoms with Crippen LogP contribution in [-0.4, -0.2) is 38.6 Å². The molecule has 4 rings (SSSR count). The van der Waals surface area contributed by atoms with Crippen LogP contribution in [0.25, 0.3) is 11.8 Å². The maximum Gasteiger partial charge on any atom is 0.283 e. The number of ether oxygens (including phenoxy) is 1. The van der Waals surface area contributed by atoms with Gasteiger partial charge in [-0.3, -0.25) is 10.2 Å². The number of nitrogens with one attached hydrogen (secondary N) is 1. The Labute approximate surface area is 211 Å². The summed E-state index contributed by atoms with van der Waals surface area (Å²) in [7, 11) is 1.66. The van der Waals surface area contributed by atoms with Crippen LogP contribution in [-0.2, 0) is 4.79 Å². The highest BCUT2D eigenvalue weighted by Crippen LogP contribution is 2.33. The zero-order valence-electron chi connectivity index (χ0n) is 21.1. The molecule has 0 atom stereocenters. The molecule has 0 spiro atoms. The van der Waals surface area contributed by atoms with E-state index in [4.69, 9.17) is 10.1 Å². The average molecular weight is 492 g/mol. The van der Waals surface area contributed by atoms with E-state index in [0.29, 0.717) is 5.17 Å². The number of hydrogen-bond acceptors (Lipinski definition) is 5. The number of amides is 1. The van der Waals surface area contributed by atoms with Crippen molar-refractivity contribution in [2.24, 2.45) is 10.1 Å². The third-order valence-corrected chi connectivity index (χ3v) is 7.30. The minimum Gasteiger partial charge on any atom is -0.495 e. The number of benzene rings is 1. The zero-order chi connectivity index (χ0) is 25.1. The predicted octanol–water partition coefficient (Wildman–Crippen LogP) is 6.39. The number of hydrogen-bond donors (Lipinski definition) is 1. The molecule has 2 aliphatic heterocycles. The Bertz CT molecular complexity index is 1250. The first-order valence-corrected chi connectivity index (χ1v) is 13.0. The standard InChI is InChI=1S/C27H33N5O2S/c1-6-7-8-9-10-11-24-30-32-25(28)21(26(33)29-27(32)35-24)16-20-15-18(3)31(19(20)4)22-14-17(2)12-13-23(22)34-5/h12-16,28H,6-11H2,1-5H3/b21-16-,28-25?. The smallest absolute Gasteiger partial charge is 0.283 e. The van der Waals surface area contributed by atoms with Crippen molar-refractivity contribution in [1.82, 2.24) is 9.58 Å². The predicted molar refractivity (Wildman–Crippen MR) is 145 cm³/mol. The lowest BCUT2D eigenvalue weighted by molar-refractivity contribution is -0.114. The molecule has 0 radical (unpaired) electrons. The second kappa shape index (κ2) is 10.6. The van der Waals surface area contributed by atoms with Crippen molar-refractivity contribution in [3.63, 3.8) is 0 Å². The summed E-state index contributed by atoms with van der Waals surface area (Å²) in [6.07, 6.45) is 8.54. The van der Waals surface area contributed by atoms with Crippen LogP contribution in [0.1, 0.15) is 68.0 Å². The van der Waals surface area contributed by atoms with Crippen molar-refractivity contribution in [2.75, 3.05) is 7.11 Å². The van der Waals surface area contributed by atoms with Crippen LogP contribution >= 0.6 is 11.8 Å².